The number of ether oxygens (including phenoxy) is 2. The number of rotatable bonds is 5. The molecule has 23 heavy (non-hydrogen) atoms. The van der Waals surface area contributed by atoms with Gasteiger partial charge in [-0.15, -0.1) is 0 Å². The molecule has 2 aliphatic rings. The zero-order chi connectivity index (χ0) is 16.1. The van der Waals surface area contributed by atoms with Gasteiger partial charge >= 0.3 is 0 Å². The summed E-state index contributed by atoms with van der Waals surface area (Å²) < 4.78 is 11.0. The Kier molecular flexibility index (Phi) is 5.79. The van der Waals surface area contributed by atoms with Crippen molar-refractivity contribution in [2.45, 2.75) is 44.7 Å². The van der Waals surface area contributed by atoms with Crippen molar-refractivity contribution in [2.24, 2.45) is 0 Å². The van der Waals surface area contributed by atoms with Crippen molar-refractivity contribution in [3.63, 3.8) is 0 Å². The van der Waals surface area contributed by atoms with Crippen molar-refractivity contribution in [3.8, 4) is 11.5 Å². The molecule has 1 aliphatic carbocycles. The average Bonchev–Trinajstić information content (AvgIpc) is 2.63. The average molecular weight is 320 g/mol. The van der Waals surface area contributed by atoms with Gasteiger partial charge in [-0.25, -0.2) is 0 Å². The van der Waals surface area contributed by atoms with Crippen LogP contribution in [0.5, 0.6) is 11.5 Å². The fourth-order valence-electron chi connectivity index (χ4n) is 4.38. The quantitative estimate of drug-likeness (QED) is 0.818. The van der Waals surface area contributed by atoms with Crippen LogP contribution in [0.1, 0.15) is 37.7 Å². The molecular formula is C19H32N2O2+2. The Bertz CT molecular complexity index is 492. The lowest BCUT2D eigenvalue weighted by molar-refractivity contribution is -1.03. The van der Waals surface area contributed by atoms with E-state index in [1.807, 2.05) is 11.0 Å². The van der Waals surface area contributed by atoms with E-state index in [-0.39, 0.29) is 0 Å². The topological polar surface area (TPSA) is 27.3 Å². The van der Waals surface area contributed by atoms with Crippen LogP contribution in [0, 0.1) is 0 Å². The normalized spacial score (nSPS) is 26.0. The van der Waals surface area contributed by atoms with Crippen molar-refractivity contribution >= 4 is 0 Å². The fourth-order valence-corrected chi connectivity index (χ4v) is 4.38. The summed E-state index contributed by atoms with van der Waals surface area (Å²) in [6.07, 6.45) is 7.26. The monoisotopic (exact) mass is 320 g/mol. The highest BCUT2D eigenvalue weighted by molar-refractivity contribution is 5.46. The molecule has 1 aliphatic heterocycles. The molecule has 2 fully saturated rings. The second-order valence-corrected chi connectivity index (χ2v) is 7.07. The Morgan fingerprint density at radius 2 is 1.70 bits per heavy atom. The van der Waals surface area contributed by atoms with Crippen LogP contribution in [0.4, 0.5) is 0 Å². The maximum atomic E-state index is 5.58. The predicted molar refractivity (Wildman–Crippen MR) is 91.5 cm³/mol. The highest BCUT2D eigenvalue weighted by atomic mass is 16.5. The first-order chi connectivity index (χ1) is 11.3. The van der Waals surface area contributed by atoms with Crippen molar-refractivity contribution in [2.75, 3.05) is 40.4 Å². The minimum atomic E-state index is 0.843. The lowest BCUT2D eigenvalue weighted by atomic mass is 9.94. The Labute approximate surface area is 140 Å². The van der Waals surface area contributed by atoms with Gasteiger partial charge in [0.15, 0.2) is 11.5 Å². The van der Waals surface area contributed by atoms with Crippen LogP contribution in [-0.2, 0) is 6.54 Å². The zero-order valence-corrected chi connectivity index (χ0v) is 14.7. The molecule has 0 spiro atoms. The van der Waals surface area contributed by atoms with Gasteiger partial charge in [-0.3, -0.25) is 0 Å². The van der Waals surface area contributed by atoms with Gasteiger partial charge in [0.25, 0.3) is 0 Å². The van der Waals surface area contributed by atoms with E-state index in [1.165, 1.54) is 63.8 Å². The fraction of sp³-hybridized carbons (Fsp3) is 0.684. The van der Waals surface area contributed by atoms with E-state index in [0.717, 1.165) is 24.1 Å². The largest absolute Gasteiger partial charge is 0.493 e. The van der Waals surface area contributed by atoms with E-state index >= 15 is 0 Å². The molecule has 1 saturated carbocycles. The summed E-state index contributed by atoms with van der Waals surface area (Å²) in [5, 5.41) is 0. The third kappa shape index (κ3) is 3.99. The summed E-state index contributed by atoms with van der Waals surface area (Å²) in [4.78, 5) is 3.54. The molecule has 0 bridgehead atoms. The van der Waals surface area contributed by atoms with Crippen molar-refractivity contribution in [1.29, 1.82) is 0 Å². The third-order valence-electron chi connectivity index (χ3n) is 5.71. The zero-order valence-electron chi connectivity index (χ0n) is 14.7. The summed E-state index contributed by atoms with van der Waals surface area (Å²) in [6, 6.07) is 7.16. The number of benzene rings is 1. The molecule has 2 N–H and O–H groups in total. The first kappa shape index (κ1) is 16.6. The number of quaternary nitrogens is 2. The van der Waals surface area contributed by atoms with Gasteiger partial charge in [-0.05, 0) is 37.8 Å². The molecule has 1 aromatic rings. The van der Waals surface area contributed by atoms with E-state index in [0.29, 0.717) is 0 Å². The van der Waals surface area contributed by atoms with E-state index in [9.17, 15) is 0 Å². The van der Waals surface area contributed by atoms with Crippen molar-refractivity contribution in [1.82, 2.24) is 0 Å². The van der Waals surface area contributed by atoms with E-state index in [2.05, 4.69) is 12.1 Å². The smallest absolute Gasteiger partial charge is 0.169 e. The van der Waals surface area contributed by atoms with Gasteiger partial charge in [-0.2, -0.15) is 0 Å². The first-order valence-electron chi connectivity index (χ1n) is 9.20. The highest BCUT2D eigenvalue weighted by Gasteiger charge is 2.30. The van der Waals surface area contributed by atoms with Crippen LogP contribution in [0.25, 0.3) is 0 Å². The van der Waals surface area contributed by atoms with E-state index in [4.69, 9.17) is 9.47 Å². The lowest BCUT2D eigenvalue weighted by Gasteiger charge is -2.36. The molecule has 1 heterocycles. The molecule has 3 rings (SSSR count). The molecular weight excluding hydrogens is 288 g/mol. The Morgan fingerprint density at radius 3 is 2.35 bits per heavy atom. The molecule has 0 aromatic heterocycles. The summed E-state index contributed by atoms with van der Waals surface area (Å²) in [7, 11) is 3.45. The van der Waals surface area contributed by atoms with Gasteiger partial charge in [0.1, 0.15) is 32.7 Å². The number of hydrogen-bond acceptors (Lipinski definition) is 2. The summed E-state index contributed by atoms with van der Waals surface area (Å²) in [5.74, 6) is 1.75. The molecule has 0 radical (unpaired) electrons. The van der Waals surface area contributed by atoms with E-state index < -0.39 is 0 Å². The Balaban J connectivity index is 1.56. The predicted octanol–water partition coefficient (Wildman–Crippen LogP) is 0.320. The molecule has 1 aromatic carbocycles. The molecule has 4 nitrogen and oxygen atoms in total. The number of hydrogen-bond donors (Lipinski definition) is 2. The van der Waals surface area contributed by atoms with Gasteiger partial charge in [0.05, 0.1) is 25.8 Å². The molecule has 4 heteroatoms. The maximum Gasteiger partial charge on any atom is 0.169 e. The first-order valence-corrected chi connectivity index (χ1v) is 9.20. The van der Waals surface area contributed by atoms with Crippen LogP contribution < -0.4 is 19.3 Å². The van der Waals surface area contributed by atoms with Crippen LogP contribution in [0.2, 0.25) is 0 Å². The number of piperazine rings is 1. The minimum absolute atomic E-state index is 0.843. The molecule has 128 valence electrons. The van der Waals surface area contributed by atoms with Gasteiger partial charge < -0.3 is 19.3 Å². The summed E-state index contributed by atoms with van der Waals surface area (Å²) in [5.41, 5.74) is 1.27. The summed E-state index contributed by atoms with van der Waals surface area (Å²) in [6.45, 7) is 6.23. The Morgan fingerprint density at radius 1 is 0.957 bits per heavy atom. The summed E-state index contributed by atoms with van der Waals surface area (Å²) >= 11 is 0. The van der Waals surface area contributed by atoms with Gasteiger partial charge in [-0.1, -0.05) is 12.5 Å². The second-order valence-electron chi connectivity index (χ2n) is 7.07. The minimum Gasteiger partial charge on any atom is -0.493 e. The lowest BCUT2D eigenvalue weighted by Crippen LogP contribution is -3.29. The maximum absolute atomic E-state index is 5.58. The van der Waals surface area contributed by atoms with Crippen molar-refractivity contribution in [3.05, 3.63) is 23.8 Å². The van der Waals surface area contributed by atoms with Gasteiger partial charge in [0.2, 0.25) is 0 Å². The molecule has 0 unspecified atom stereocenters. The van der Waals surface area contributed by atoms with Crippen LogP contribution in [0.15, 0.2) is 18.2 Å². The van der Waals surface area contributed by atoms with E-state index in [1.54, 1.807) is 19.1 Å². The Hall–Kier alpha value is -1.26. The number of para-hydroxylation sites is 1. The number of nitrogens with one attached hydrogen (secondary N) is 2. The van der Waals surface area contributed by atoms with Crippen LogP contribution >= 0.6 is 0 Å². The molecule has 1 saturated heterocycles. The highest BCUT2D eigenvalue weighted by Crippen LogP contribution is 2.30. The van der Waals surface area contributed by atoms with Crippen LogP contribution in [0.3, 0.4) is 0 Å². The van der Waals surface area contributed by atoms with Crippen LogP contribution in [-0.4, -0.2) is 46.4 Å². The molecule has 0 atom stereocenters. The molecule has 0 amide bonds. The second kappa shape index (κ2) is 8.02. The number of methoxy groups -OCH3 is 2. The standard InChI is InChI=1S/C19H30N2O2/c1-22-18-10-6-7-16(19(18)23-2)15-20-11-13-21(14-12-20)17-8-4-3-5-9-17/h6-7,10,17H,3-5,8-9,11-15H2,1-2H3/p+2. The van der Waals surface area contributed by atoms with Gasteiger partial charge in [0, 0.05) is 0 Å². The van der Waals surface area contributed by atoms with Crippen molar-refractivity contribution < 1.29 is 19.3 Å². The third-order valence-corrected chi connectivity index (χ3v) is 5.71. The SMILES string of the molecule is COc1cccc(C[NH+]2CC[NH+](C3CCCCC3)CC2)c1OC.